The lowest BCUT2D eigenvalue weighted by atomic mass is 10.1. The zero-order valence-corrected chi connectivity index (χ0v) is 18.2. The number of ether oxygens (including phenoxy) is 1. The number of hydrogen-bond donors (Lipinski definition) is 2. The van der Waals surface area contributed by atoms with Gasteiger partial charge in [0.15, 0.2) is 10.9 Å². The minimum absolute atomic E-state index is 0.0214. The van der Waals surface area contributed by atoms with Gasteiger partial charge in [0.1, 0.15) is 5.75 Å². The SMILES string of the molecule is Cc1ccc(Cn2cc(Br)c(NC(=S)Nc3ccc(C)cc3OC(F)F)n2)cc1. The van der Waals surface area contributed by atoms with Crippen molar-refractivity contribution in [2.45, 2.75) is 27.0 Å². The molecule has 0 radical (unpaired) electrons. The Kier molecular flexibility index (Phi) is 6.81. The van der Waals surface area contributed by atoms with Gasteiger partial charge in [0.25, 0.3) is 0 Å². The molecule has 0 amide bonds. The van der Waals surface area contributed by atoms with Crippen LogP contribution in [-0.2, 0) is 6.54 Å². The summed E-state index contributed by atoms with van der Waals surface area (Å²) in [5.41, 5.74) is 3.44. The van der Waals surface area contributed by atoms with E-state index < -0.39 is 6.61 Å². The predicted molar refractivity (Wildman–Crippen MR) is 118 cm³/mol. The highest BCUT2D eigenvalue weighted by Gasteiger charge is 2.13. The van der Waals surface area contributed by atoms with E-state index in [1.807, 2.05) is 37.4 Å². The van der Waals surface area contributed by atoms with Gasteiger partial charge >= 0.3 is 6.61 Å². The second-order valence-corrected chi connectivity index (χ2v) is 7.73. The minimum atomic E-state index is -2.93. The highest BCUT2D eigenvalue weighted by molar-refractivity contribution is 9.10. The molecule has 0 fully saturated rings. The quantitative estimate of drug-likeness (QED) is 0.441. The fraction of sp³-hybridized carbons (Fsp3) is 0.200. The van der Waals surface area contributed by atoms with Crippen molar-refractivity contribution in [1.82, 2.24) is 9.78 Å². The van der Waals surface area contributed by atoms with E-state index in [1.54, 1.807) is 23.7 Å². The van der Waals surface area contributed by atoms with Crippen LogP contribution in [0.2, 0.25) is 0 Å². The molecule has 0 saturated carbocycles. The summed E-state index contributed by atoms with van der Waals surface area (Å²) in [6.07, 6.45) is 1.84. The summed E-state index contributed by atoms with van der Waals surface area (Å²) in [7, 11) is 0. The Hall–Kier alpha value is -2.52. The van der Waals surface area contributed by atoms with E-state index in [4.69, 9.17) is 12.2 Å². The summed E-state index contributed by atoms with van der Waals surface area (Å²) in [5, 5.41) is 10.5. The molecule has 0 aliphatic carbocycles. The normalized spacial score (nSPS) is 10.8. The van der Waals surface area contributed by atoms with Crippen LogP contribution in [-0.4, -0.2) is 21.5 Å². The van der Waals surface area contributed by atoms with Crippen molar-refractivity contribution in [3.05, 3.63) is 69.8 Å². The van der Waals surface area contributed by atoms with Gasteiger partial charge in [-0.2, -0.15) is 13.9 Å². The number of nitrogens with zero attached hydrogens (tertiary/aromatic N) is 2. The number of aryl methyl sites for hydroxylation is 2. The zero-order valence-electron chi connectivity index (χ0n) is 15.7. The number of alkyl halides is 2. The summed E-state index contributed by atoms with van der Waals surface area (Å²) < 4.78 is 32.4. The highest BCUT2D eigenvalue weighted by Crippen LogP contribution is 2.28. The number of hydrogen-bond acceptors (Lipinski definition) is 3. The molecule has 0 spiro atoms. The topological polar surface area (TPSA) is 51.1 Å². The van der Waals surface area contributed by atoms with Gasteiger partial charge in [0.2, 0.25) is 0 Å². The molecule has 0 unspecified atom stereocenters. The number of anilines is 2. The van der Waals surface area contributed by atoms with E-state index in [0.717, 1.165) is 15.6 Å². The molecule has 3 aromatic rings. The molecule has 3 rings (SSSR count). The average molecular weight is 481 g/mol. The molecule has 0 saturated heterocycles. The lowest BCUT2D eigenvalue weighted by Gasteiger charge is -2.14. The number of halogens is 3. The number of nitrogens with one attached hydrogen (secondary N) is 2. The van der Waals surface area contributed by atoms with E-state index >= 15 is 0 Å². The van der Waals surface area contributed by atoms with Gasteiger partial charge in [0, 0.05) is 6.20 Å². The standard InChI is InChI=1S/C20H19BrF2N4OS/c1-12-3-6-14(7-4-12)10-27-11-15(21)18(26-27)25-20(29)24-16-8-5-13(2)9-17(16)28-19(22)23/h3-9,11,19H,10H2,1-2H3,(H2,24,25,26,29). The van der Waals surface area contributed by atoms with Gasteiger partial charge in [0.05, 0.1) is 16.7 Å². The Bertz CT molecular complexity index is 1010. The van der Waals surface area contributed by atoms with E-state index in [1.165, 1.54) is 11.6 Å². The maximum Gasteiger partial charge on any atom is 0.387 e. The molecule has 1 aromatic heterocycles. The van der Waals surface area contributed by atoms with Gasteiger partial charge in [-0.25, -0.2) is 0 Å². The molecule has 2 aromatic carbocycles. The Balaban J connectivity index is 1.68. The van der Waals surface area contributed by atoms with Crippen molar-refractivity contribution in [2.75, 3.05) is 10.6 Å². The molecule has 5 nitrogen and oxygen atoms in total. The predicted octanol–water partition coefficient (Wildman–Crippen LogP) is 5.72. The number of benzene rings is 2. The smallest absolute Gasteiger partial charge is 0.387 e. The van der Waals surface area contributed by atoms with Gasteiger partial charge in [-0.1, -0.05) is 35.9 Å². The monoisotopic (exact) mass is 480 g/mol. The molecule has 29 heavy (non-hydrogen) atoms. The first-order chi connectivity index (χ1) is 13.8. The summed E-state index contributed by atoms with van der Waals surface area (Å²) >= 11 is 8.76. The first kappa shape index (κ1) is 21.2. The first-order valence-electron chi connectivity index (χ1n) is 8.72. The summed E-state index contributed by atoms with van der Waals surface area (Å²) in [6.45, 7) is 1.50. The van der Waals surface area contributed by atoms with Crippen molar-refractivity contribution in [2.24, 2.45) is 0 Å². The molecule has 0 bridgehead atoms. The van der Waals surface area contributed by atoms with Gasteiger partial charge < -0.3 is 15.4 Å². The molecular weight excluding hydrogens is 462 g/mol. The largest absolute Gasteiger partial charge is 0.433 e. The van der Waals surface area contributed by atoms with Crippen LogP contribution in [0.5, 0.6) is 5.75 Å². The van der Waals surface area contributed by atoms with Gasteiger partial charge in [-0.15, -0.1) is 0 Å². The number of aromatic nitrogens is 2. The van der Waals surface area contributed by atoms with Crippen LogP contribution < -0.4 is 15.4 Å². The average Bonchev–Trinajstić information content (AvgIpc) is 2.98. The fourth-order valence-corrected chi connectivity index (χ4v) is 3.25. The van der Waals surface area contributed by atoms with Crippen molar-refractivity contribution in [3.63, 3.8) is 0 Å². The molecule has 2 N–H and O–H groups in total. The van der Waals surface area contributed by atoms with Crippen LogP contribution >= 0.6 is 28.1 Å². The Morgan fingerprint density at radius 3 is 2.52 bits per heavy atom. The van der Waals surface area contributed by atoms with E-state index in [2.05, 4.69) is 36.4 Å². The molecule has 0 aliphatic heterocycles. The summed E-state index contributed by atoms with van der Waals surface area (Å²) in [4.78, 5) is 0. The van der Waals surface area contributed by atoms with Crippen LogP contribution in [0.15, 0.2) is 53.1 Å². The number of thiocarbonyl (C=S) groups is 1. The molecule has 0 atom stereocenters. The van der Waals surface area contributed by atoms with Crippen LogP contribution in [0.25, 0.3) is 0 Å². The van der Waals surface area contributed by atoms with Crippen LogP contribution in [0.4, 0.5) is 20.3 Å². The molecular formula is C20H19BrF2N4OS. The zero-order chi connectivity index (χ0) is 21.0. The Labute approximate surface area is 181 Å². The van der Waals surface area contributed by atoms with Crippen molar-refractivity contribution in [3.8, 4) is 5.75 Å². The third kappa shape index (κ3) is 5.98. The Morgan fingerprint density at radius 2 is 1.83 bits per heavy atom. The van der Waals surface area contributed by atoms with E-state index in [-0.39, 0.29) is 10.9 Å². The maximum atomic E-state index is 12.7. The van der Waals surface area contributed by atoms with Crippen molar-refractivity contribution in [1.29, 1.82) is 0 Å². The van der Waals surface area contributed by atoms with Crippen LogP contribution in [0.3, 0.4) is 0 Å². The van der Waals surface area contributed by atoms with Crippen molar-refractivity contribution < 1.29 is 13.5 Å². The fourth-order valence-electron chi connectivity index (χ4n) is 2.63. The summed E-state index contributed by atoms with van der Waals surface area (Å²) in [5.74, 6) is 0.533. The van der Waals surface area contributed by atoms with Gasteiger partial charge in [-0.3, -0.25) is 4.68 Å². The maximum absolute atomic E-state index is 12.7. The van der Waals surface area contributed by atoms with Gasteiger partial charge in [-0.05, 0) is 65.3 Å². The number of rotatable bonds is 6. The summed E-state index contributed by atoms with van der Waals surface area (Å²) in [6, 6.07) is 13.1. The third-order valence-corrected chi connectivity index (χ3v) is 4.80. The second-order valence-electron chi connectivity index (χ2n) is 6.47. The minimum Gasteiger partial charge on any atom is -0.433 e. The van der Waals surface area contributed by atoms with Crippen LogP contribution in [0.1, 0.15) is 16.7 Å². The molecule has 1 heterocycles. The first-order valence-corrected chi connectivity index (χ1v) is 9.92. The lowest BCUT2D eigenvalue weighted by molar-refractivity contribution is -0.0493. The van der Waals surface area contributed by atoms with Crippen molar-refractivity contribution >= 4 is 44.8 Å². The highest BCUT2D eigenvalue weighted by atomic mass is 79.9. The third-order valence-electron chi connectivity index (χ3n) is 4.02. The van der Waals surface area contributed by atoms with E-state index in [9.17, 15) is 8.78 Å². The molecule has 152 valence electrons. The van der Waals surface area contributed by atoms with E-state index in [0.29, 0.717) is 18.1 Å². The molecule has 9 heteroatoms. The second kappa shape index (κ2) is 9.32. The van der Waals surface area contributed by atoms with Crippen LogP contribution in [0, 0.1) is 13.8 Å². The lowest BCUT2D eigenvalue weighted by Crippen LogP contribution is -2.20. The Morgan fingerprint density at radius 1 is 1.14 bits per heavy atom. The molecule has 0 aliphatic rings.